The first-order valence-electron chi connectivity index (χ1n) is 4.86. The van der Waals surface area contributed by atoms with E-state index in [4.69, 9.17) is 32.7 Å². The lowest BCUT2D eigenvalue weighted by Crippen LogP contribution is -2.15. The average Bonchev–Trinajstić information content (AvgIpc) is 2.75. The fourth-order valence-corrected chi connectivity index (χ4v) is 2.02. The number of carbonyl (C=O) groups excluding carboxylic acids is 1. The van der Waals surface area contributed by atoms with Crippen LogP contribution in [0.5, 0.6) is 11.5 Å². The van der Waals surface area contributed by atoms with Crippen LogP contribution in [0.3, 0.4) is 0 Å². The molecular weight excluding hydrogens is 251 g/mol. The summed E-state index contributed by atoms with van der Waals surface area (Å²) in [6, 6.07) is 5.04. The Labute approximate surface area is 103 Å². The molecule has 0 saturated heterocycles. The maximum Gasteiger partial charge on any atom is 0.231 e. The van der Waals surface area contributed by atoms with Gasteiger partial charge in [-0.15, -0.1) is 23.2 Å². The van der Waals surface area contributed by atoms with Crippen LogP contribution in [0, 0.1) is 0 Å². The molecule has 0 saturated carbocycles. The molecule has 0 aromatic heterocycles. The van der Waals surface area contributed by atoms with Gasteiger partial charge in [0.15, 0.2) is 17.3 Å². The Morgan fingerprint density at radius 3 is 2.88 bits per heavy atom. The van der Waals surface area contributed by atoms with Crippen molar-refractivity contribution in [2.45, 2.75) is 11.8 Å². The lowest BCUT2D eigenvalue weighted by molar-refractivity contribution is 0.0985. The average molecular weight is 261 g/mol. The number of rotatable bonds is 4. The molecule has 5 heteroatoms. The quantitative estimate of drug-likeness (QED) is 0.617. The minimum Gasteiger partial charge on any atom is -0.454 e. The van der Waals surface area contributed by atoms with Gasteiger partial charge in [0.2, 0.25) is 6.79 Å². The molecule has 86 valence electrons. The van der Waals surface area contributed by atoms with Crippen LogP contribution in [0.25, 0.3) is 0 Å². The second-order valence-corrected chi connectivity index (χ2v) is 4.28. The van der Waals surface area contributed by atoms with E-state index in [1.54, 1.807) is 18.2 Å². The van der Waals surface area contributed by atoms with Crippen LogP contribution >= 0.6 is 23.2 Å². The second-order valence-electron chi connectivity index (χ2n) is 3.38. The van der Waals surface area contributed by atoms with Crippen LogP contribution in [-0.2, 0) is 0 Å². The van der Waals surface area contributed by atoms with Crippen molar-refractivity contribution in [2.24, 2.45) is 0 Å². The van der Waals surface area contributed by atoms with Crippen LogP contribution < -0.4 is 9.47 Å². The van der Waals surface area contributed by atoms with E-state index < -0.39 is 5.38 Å². The van der Waals surface area contributed by atoms with E-state index in [0.29, 0.717) is 29.4 Å². The predicted molar refractivity (Wildman–Crippen MR) is 61.9 cm³/mol. The minimum atomic E-state index is -0.585. The van der Waals surface area contributed by atoms with Crippen LogP contribution in [0.4, 0.5) is 0 Å². The number of fused-ring (bicyclic) bond motifs is 1. The van der Waals surface area contributed by atoms with E-state index in [1.165, 1.54) is 0 Å². The summed E-state index contributed by atoms with van der Waals surface area (Å²) in [5.41, 5.74) is 0.523. The number of ketones is 1. The number of alkyl halides is 2. The van der Waals surface area contributed by atoms with E-state index in [0.717, 1.165) is 0 Å². The van der Waals surface area contributed by atoms with Crippen molar-refractivity contribution in [3.8, 4) is 11.5 Å². The van der Waals surface area contributed by atoms with Gasteiger partial charge in [0, 0.05) is 11.4 Å². The molecule has 1 unspecified atom stereocenters. The monoisotopic (exact) mass is 260 g/mol. The normalized spacial score (nSPS) is 14.9. The number of Topliss-reactive ketones (excluding diaryl/α,β-unsaturated/α-hetero) is 1. The highest BCUT2D eigenvalue weighted by atomic mass is 35.5. The molecule has 0 amide bonds. The SMILES string of the molecule is O=C(c1ccc2c(c1)OCO2)C(Cl)CCCl. The fraction of sp³-hybridized carbons (Fsp3) is 0.364. The molecule has 1 aliphatic rings. The Bertz CT molecular complexity index is 406. The zero-order valence-corrected chi connectivity index (χ0v) is 9.92. The van der Waals surface area contributed by atoms with Gasteiger partial charge in [0.25, 0.3) is 0 Å². The summed E-state index contributed by atoms with van der Waals surface area (Å²) >= 11 is 11.5. The molecular formula is C11H10Cl2O3. The van der Waals surface area contributed by atoms with Crippen molar-refractivity contribution in [1.82, 2.24) is 0 Å². The molecule has 0 radical (unpaired) electrons. The molecule has 1 aromatic carbocycles. The molecule has 2 rings (SSSR count). The van der Waals surface area contributed by atoms with Crippen molar-refractivity contribution in [3.05, 3.63) is 23.8 Å². The Hall–Kier alpha value is -0.930. The summed E-state index contributed by atoms with van der Waals surface area (Å²) in [6.45, 7) is 0.193. The van der Waals surface area contributed by atoms with Crippen LogP contribution in [0.1, 0.15) is 16.8 Å². The van der Waals surface area contributed by atoms with Gasteiger partial charge in [0.05, 0.1) is 5.38 Å². The van der Waals surface area contributed by atoms with Crippen molar-refractivity contribution in [1.29, 1.82) is 0 Å². The van der Waals surface area contributed by atoms with Crippen molar-refractivity contribution < 1.29 is 14.3 Å². The molecule has 16 heavy (non-hydrogen) atoms. The summed E-state index contributed by atoms with van der Waals surface area (Å²) in [7, 11) is 0. The molecule has 0 fully saturated rings. The van der Waals surface area contributed by atoms with Crippen LogP contribution in [0.15, 0.2) is 18.2 Å². The zero-order valence-electron chi connectivity index (χ0n) is 8.41. The highest BCUT2D eigenvalue weighted by Crippen LogP contribution is 2.33. The summed E-state index contributed by atoms with van der Waals surface area (Å²) in [4.78, 5) is 11.8. The Kier molecular flexibility index (Phi) is 3.56. The van der Waals surface area contributed by atoms with Crippen LogP contribution in [0.2, 0.25) is 0 Å². The minimum absolute atomic E-state index is 0.138. The fourth-order valence-electron chi connectivity index (χ4n) is 1.46. The molecule has 1 atom stereocenters. The van der Waals surface area contributed by atoms with Crippen molar-refractivity contribution in [3.63, 3.8) is 0 Å². The van der Waals surface area contributed by atoms with Crippen molar-refractivity contribution >= 4 is 29.0 Å². The van der Waals surface area contributed by atoms with Gasteiger partial charge in [-0.3, -0.25) is 4.79 Å². The maximum absolute atomic E-state index is 11.8. The standard InChI is InChI=1S/C11H10Cl2O3/c12-4-3-8(13)11(14)7-1-2-9-10(5-7)16-6-15-9/h1-2,5,8H,3-4,6H2. The van der Waals surface area contributed by atoms with E-state index >= 15 is 0 Å². The summed E-state index contributed by atoms with van der Waals surface area (Å²) < 4.78 is 10.3. The summed E-state index contributed by atoms with van der Waals surface area (Å²) in [5.74, 6) is 1.46. The van der Waals surface area contributed by atoms with Gasteiger partial charge in [-0.25, -0.2) is 0 Å². The van der Waals surface area contributed by atoms with Gasteiger partial charge >= 0.3 is 0 Å². The van der Waals surface area contributed by atoms with E-state index in [1.807, 2.05) is 0 Å². The van der Waals surface area contributed by atoms with Gasteiger partial charge in [-0.1, -0.05) is 0 Å². The second kappa shape index (κ2) is 4.93. The number of ether oxygens (including phenoxy) is 2. The Morgan fingerprint density at radius 1 is 1.38 bits per heavy atom. The first-order chi connectivity index (χ1) is 7.72. The van der Waals surface area contributed by atoms with E-state index in [-0.39, 0.29) is 12.6 Å². The lowest BCUT2D eigenvalue weighted by Gasteiger charge is -2.06. The van der Waals surface area contributed by atoms with Crippen molar-refractivity contribution in [2.75, 3.05) is 12.7 Å². The van der Waals surface area contributed by atoms with E-state index in [9.17, 15) is 4.79 Å². The summed E-state index contributed by atoms with van der Waals surface area (Å²) in [6.07, 6.45) is 0.455. The van der Waals surface area contributed by atoms with Gasteiger partial charge in [-0.05, 0) is 24.6 Å². The number of carbonyl (C=O) groups is 1. The topological polar surface area (TPSA) is 35.5 Å². The molecule has 3 nitrogen and oxygen atoms in total. The predicted octanol–water partition coefficient (Wildman–Crippen LogP) is 2.83. The van der Waals surface area contributed by atoms with Gasteiger partial charge in [-0.2, -0.15) is 0 Å². The largest absolute Gasteiger partial charge is 0.454 e. The third-order valence-corrected chi connectivity index (χ3v) is 2.94. The first-order valence-corrected chi connectivity index (χ1v) is 5.83. The third kappa shape index (κ3) is 2.25. The number of hydrogen-bond donors (Lipinski definition) is 0. The first kappa shape index (κ1) is 11.6. The number of halogens is 2. The van der Waals surface area contributed by atoms with Gasteiger partial charge in [0.1, 0.15) is 0 Å². The summed E-state index contributed by atoms with van der Waals surface area (Å²) in [5, 5.41) is -0.585. The number of benzene rings is 1. The van der Waals surface area contributed by atoms with Gasteiger partial charge < -0.3 is 9.47 Å². The Balaban J connectivity index is 2.18. The maximum atomic E-state index is 11.8. The number of hydrogen-bond acceptors (Lipinski definition) is 3. The molecule has 1 heterocycles. The molecule has 1 aliphatic heterocycles. The molecule has 0 spiro atoms. The van der Waals surface area contributed by atoms with Crippen LogP contribution in [-0.4, -0.2) is 23.8 Å². The smallest absolute Gasteiger partial charge is 0.231 e. The lowest BCUT2D eigenvalue weighted by atomic mass is 10.1. The molecule has 0 aliphatic carbocycles. The third-order valence-electron chi connectivity index (χ3n) is 2.30. The van der Waals surface area contributed by atoms with E-state index in [2.05, 4.69) is 0 Å². The molecule has 1 aromatic rings. The Morgan fingerprint density at radius 2 is 2.12 bits per heavy atom. The highest BCUT2D eigenvalue weighted by Gasteiger charge is 2.20. The zero-order chi connectivity index (χ0) is 11.5. The molecule has 0 N–H and O–H groups in total. The highest BCUT2D eigenvalue weighted by molar-refractivity contribution is 6.34. The molecule has 0 bridgehead atoms.